The van der Waals surface area contributed by atoms with Gasteiger partial charge in [0.1, 0.15) is 5.75 Å². The average molecular weight is 328 g/mol. The highest BCUT2D eigenvalue weighted by molar-refractivity contribution is 9.09. The summed E-state index contributed by atoms with van der Waals surface area (Å²) in [4.78, 5) is 14.3. The van der Waals surface area contributed by atoms with Crippen molar-refractivity contribution >= 4 is 21.8 Å². The van der Waals surface area contributed by atoms with Gasteiger partial charge in [0.05, 0.1) is 24.3 Å². The predicted molar refractivity (Wildman–Crippen MR) is 76.9 cm³/mol. The zero-order valence-electron chi connectivity index (χ0n) is 11.1. The third-order valence-electron chi connectivity index (χ3n) is 3.32. The van der Waals surface area contributed by atoms with E-state index in [-0.39, 0.29) is 23.8 Å². The normalized spacial score (nSPS) is 23.4. The fourth-order valence-corrected chi connectivity index (χ4v) is 2.56. The molecule has 0 bridgehead atoms. The van der Waals surface area contributed by atoms with Crippen LogP contribution in [0, 0.1) is 6.92 Å². The predicted octanol–water partition coefficient (Wildman–Crippen LogP) is 2.33. The number of halogens is 1. The minimum atomic E-state index is -0.136. The first-order chi connectivity index (χ1) is 9.02. The van der Waals surface area contributed by atoms with Crippen molar-refractivity contribution in [3.8, 4) is 5.75 Å². The molecular weight excluding hydrogens is 310 g/mol. The van der Waals surface area contributed by atoms with Crippen molar-refractivity contribution in [2.75, 3.05) is 18.5 Å². The molecule has 0 aliphatic carbocycles. The van der Waals surface area contributed by atoms with Gasteiger partial charge in [-0.3, -0.25) is 4.79 Å². The number of phenolic OH excluding ortho intramolecular Hbond substituents is 1. The van der Waals surface area contributed by atoms with Gasteiger partial charge in [-0.1, -0.05) is 27.6 Å². The number of carbonyl (C=O) groups excluding carboxylic acids is 1. The molecule has 0 saturated carbocycles. The van der Waals surface area contributed by atoms with E-state index in [0.29, 0.717) is 24.0 Å². The fourth-order valence-electron chi connectivity index (χ4n) is 2.17. The first-order valence-electron chi connectivity index (χ1n) is 6.31. The Morgan fingerprint density at radius 3 is 3.00 bits per heavy atom. The van der Waals surface area contributed by atoms with Crippen LogP contribution in [-0.2, 0) is 4.74 Å². The second-order valence-corrected chi connectivity index (χ2v) is 5.58. The zero-order chi connectivity index (χ0) is 14.0. The molecule has 0 spiro atoms. The Morgan fingerprint density at radius 1 is 1.58 bits per heavy atom. The fraction of sp³-hybridized carbons (Fsp3) is 0.500. The largest absolute Gasteiger partial charge is 0.507 e. The summed E-state index contributed by atoms with van der Waals surface area (Å²) in [6.45, 7) is 4.92. The maximum atomic E-state index is 12.5. The number of hydrogen-bond acceptors (Lipinski definition) is 3. The Balaban J connectivity index is 2.24. The van der Waals surface area contributed by atoms with Crippen LogP contribution < -0.4 is 0 Å². The van der Waals surface area contributed by atoms with Gasteiger partial charge in [-0.15, -0.1) is 0 Å². The third kappa shape index (κ3) is 3.09. The topological polar surface area (TPSA) is 49.8 Å². The van der Waals surface area contributed by atoms with Gasteiger partial charge in [0.15, 0.2) is 0 Å². The van der Waals surface area contributed by atoms with E-state index in [1.54, 1.807) is 23.1 Å². The van der Waals surface area contributed by atoms with Crippen LogP contribution in [0.5, 0.6) is 5.75 Å². The molecule has 104 valence electrons. The van der Waals surface area contributed by atoms with E-state index in [1.165, 1.54) is 0 Å². The number of aryl methyl sites for hydroxylation is 1. The maximum absolute atomic E-state index is 12.5. The summed E-state index contributed by atoms with van der Waals surface area (Å²) in [5, 5.41) is 10.6. The molecule has 19 heavy (non-hydrogen) atoms. The standard InChI is InChI=1S/C14H18BrNO3/c1-9-3-4-13(17)12(5-9)14(18)16-7-11(6-15)19-8-10(16)2/h3-5,10-11,17H,6-8H2,1-2H3. The van der Waals surface area contributed by atoms with Gasteiger partial charge in [0, 0.05) is 11.9 Å². The van der Waals surface area contributed by atoms with Crippen molar-refractivity contribution < 1.29 is 14.6 Å². The lowest BCUT2D eigenvalue weighted by atomic mass is 10.1. The highest BCUT2D eigenvalue weighted by Crippen LogP contribution is 2.23. The number of benzene rings is 1. The summed E-state index contributed by atoms with van der Waals surface area (Å²) in [7, 11) is 0. The van der Waals surface area contributed by atoms with Crippen molar-refractivity contribution in [2.45, 2.75) is 26.0 Å². The van der Waals surface area contributed by atoms with E-state index < -0.39 is 0 Å². The second-order valence-electron chi connectivity index (χ2n) is 4.94. The smallest absolute Gasteiger partial charge is 0.258 e. The molecule has 2 rings (SSSR count). The molecule has 1 aromatic carbocycles. The van der Waals surface area contributed by atoms with E-state index in [9.17, 15) is 9.90 Å². The summed E-state index contributed by atoms with van der Waals surface area (Å²) < 4.78 is 5.61. The Hall–Kier alpha value is -1.07. The van der Waals surface area contributed by atoms with Crippen LogP contribution in [-0.4, -0.2) is 46.5 Å². The van der Waals surface area contributed by atoms with E-state index in [1.807, 2.05) is 13.8 Å². The lowest BCUT2D eigenvalue weighted by molar-refractivity contribution is -0.0362. The number of carbonyl (C=O) groups is 1. The molecule has 1 heterocycles. The number of aromatic hydroxyl groups is 1. The van der Waals surface area contributed by atoms with Gasteiger partial charge in [-0.25, -0.2) is 0 Å². The number of morpholine rings is 1. The highest BCUT2D eigenvalue weighted by atomic mass is 79.9. The number of amides is 1. The van der Waals surface area contributed by atoms with Crippen LogP contribution in [0.3, 0.4) is 0 Å². The molecule has 1 saturated heterocycles. The summed E-state index contributed by atoms with van der Waals surface area (Å²) in [5.74, 6) is -0.104. The van der Waals surface area contributed by atoms with Crippen LogP contribution in [0.15, 0.2) is 18.2 Å². The number of phenols is 1. The molecule has 0 radical (unpaired) electrons. The van der Waals surface area contributed by atoms with Gasteiger partial charge in [-0.2, -0.15) is 0 Å². The minimum Gasteiger partial charge on any atom is -0.507 e. The summed E-state index contributed by atoms with van der Waals surface area (Å²) in [6, 6.07) is 5.09. The van der Waals surface area contributed by atoms with Crippen molar-refractivity contribution in [1.82, 2.24) is 4.90 Å². The van der Waals surface area contributed by atoms with E-state index in [2.05, 4.69) is 15.9 Å². The van der Waals surface area contributed by atoms with Gasteiger partial charge in [0.25, 0.3) is 5.91 Å². The van der Waals surface area contributed by atoms with Crippen LogP contribution in [0.2, 0.25) is 0 Å². The SMILES string of the molecule is Cc1ccc(O)c(C(=O)N2CC(CBr)OCC2C)c1. The Kier molecular flexibility index (Phi) is 4.47. The van der Waals surface area contributed by atoms with E-state index in [4.69, 9.17) is 4.74 Å². The number of hydrogen-bond donors (Lipinski definition) is 1. The van der Waals surface area contributed by atoms with Gasteiger partial charge < -0.3 is 14.7 Å². The van der Waals surface area contributed by atoms with Crippen LogP contribution >= 0.6 is 15.9 Å². The number of alkyl halides is 1. The molecule has 1 aliphatic rings. The minimum absolute atomic E-state index is 0.00658. The van der Waals surface area contributed by atoms with Crippen LogP contribution in [0.4, 0.5) is 0 Å². The van der Waals surface area contributed by atoms with Crippen molar-refractivity contribution in [3.05, 3.63) is 29.3 Å². The Bertz CT molecular complexity index is 478. The van der Waals surface area contributed by atoms with Gasteiger partial charge in [-0.05, 0) is 26.0 Å². The molecule has 4 nitrogen and oxygen atoms in total. The van der Waals surface area contributed by atoms with Crippen molar-refractivity contribution in [1.29, 1.82) is 0 Å². The summed E-state index contributed by atoms with van der Waals surface area (Å²) in [6.07, 6.45) is 0.00658. The molecule has 1 amide bonds. The Morgan fingerprint density at radius 2 is 2.32 bits per heavy atom. The Labute approximate surface area is 121 Å². The number of rotatable bonds is 2. The zero-order valence-corrected chi connectivity index (χ0v) is 12.7. The average Bonchev–Trinajstić information content (AvgIpc) is 2.41. The monoisotopic (exact) mass is 327 g/mol. The molecule has 1 aromatic rings. The highest BCUT2D eigenvalue weighted by Gasteiger charge is 2.30. The number of ether oxygens (including phenoxy) is 1. The molecule has 1 N–H and O–H groups in total. The molecule has 0 aromatic heterocycles. The lowest BCUT2D eigenvalue weighted by Gasteiger charge is -2.37. The summed E-state index contributed by atoms with van der Waals surface area (Å²) >= 11 is 3.38. The van der Waals surface area contributed by atoms with Crippen molar-refractivity contribution in [3.63, 3.8) is 0 Å². The molecule has 2 unspecified atom stereocenters. The van der Waals surface area contributed by atoms with Gasteiger partial charge >= 0.3 is 0 Å². The second kappa shape index (κ2) is 5.92. The quantitative estimate of drug-likeness (QED) is 0.848. The first-order valence-corrected chi connectivity index (χ1v) is 7.43. The number of nitrogens with zero attached hydrogens (tertiary/aromatic N) is 1. The molecule has 2 atom stereocenters. The molecular formula is C14H18BrNO3. The van der Waals surface area contributed by atoms with Crippen LogP contribution in [0.1, 0.15) is 22.8 Å². The lowest BCUT2D eigenvalue weighted by Crippen LogP contribution is -2.51. The first kappa shape index (κ1) is 14.3. The maximum Gasteiger partial charge on any atom is 0.258 e. The molecule has 1 fully saturated rings. The van der Waals surface area contributed by atoms with E-state index in [0.717, 1.165) is 5.56 Å². The molecule has 1 aliphatic heterocycles. The van der Waals surface area contributed by atoms with Crippen LogP contribution in [0.25, 0.3) is 0 Å². The third-order valence-corrected chi connectivity index (χ3v) is 4.04. The van der Waals surface area contributed by atoms with E-state index >= 15 is 0 Å². The van der Waals surface area contributed by atoms with Crippen molar-refractivity contribution in [2.24, 2.45) is 0 Å². The summed E-state index contributed by atoms with van der Waals surface area (Å²) in [5.41, 5.74) is 1.32. The molecule has 5 heteroatoms. The van der Waals surface area contributed by atoms with Gasteiger partial charge in [0.2, 0.25) is 0 Å².